The summed E-state index contributed by atoms with van der Waals surface area (Å²) >= 11 is 0. The van der Waals surface area contributed by atoms with Crippen LogP contribution in [-0.2, 0) is 9.59 Å². The van der Waals surface area contributed by atoms with E-state index in [1.165, 1.54) is 4.90 Å². The topological polar surface area (TPSA) is 60.9 Å². The fourth-order valence-corrected chi connectivity index (χ4v) is 2.47. The van der Waals surface area contributed by atoms with E-state index in [0.29, 0.717) is 6.54 Å². The molecule has 5 nitrogen and oxygen atoms in total. The molecule has 1 aliphatic heterocycles. The summed E-state index contributed by atoms with van der Waals surface area (Å²) in [4.78, 5) is 26.3. The van der Waals surface area contributed by atoms with Crippen molar-refractivity contribution in [3.05, 3.63) is 0 Å². The number of carbonyl (C=O) groups is 2. The Morgan fingerprint density at radius 1 is 1.41 bits per heavy atom. The highest BCUT2D eigenvalue weighted by Crippen LogP contribution is 2.35. The van der Waals surface area contributed by atoms with Crippen LogP contribution in [0.2, 0.25) is 0 Å². The van der Waals surface area contributed by atoms with Crippen LogP contribution in [0.4, 0.5) is 0 Å². The van der Waals surface area contributed by atoms with Crippen molar-refractivity contribution in [2.75, 3.05) is 27.2 Å². The number of likely N-dealkylation sites (N-methyl/N-ethyl adjacent to an activating group) is 1. The summed E-state index contributed by atoms with van der Waals surface area (Å²) in [7, 11) is 3.38. The molecular formula is C12H22N2O3. The zero-order valence-corrected chi connectivity index (χ0v) is 11.1. The minimum Gasteiger partial charge on any atom is -0.480 e. The summed E-state index contributed by atoms with van der Waals surface area (Å²) in [6, 6.07) is -0.569. The zero-order chi connectivity index (χ0) is 13.2. The minimum atomic E-state index is -0.832. The maximum atomic E-state index is 11.7. The standard InChI is InChI=1S/C12H22N2O3/c1-12(2)6-5-7-14(10(12)11(16)17)8-9(15)13(3)4/h10H,5-8H2,1-4H3,(H,16,17). The third-order valence-electron chi connectivity index (χ3n) is 3.44. The molecule has 1 aliphatic rings. The van der Waals surface area contributed by atoms with Crippen molar-refractivity contribution in [1.29, 1.82) is 0 Å². The van der Waals surface area contributed by atoms with E-state index in [9.17, 15) is 14.7 Å². The lowest BCUT2D eigenvalue weighted by Crippen LogP contribution is -2.56. The number of aliphatic carboxylic acids is 1. The van der Waals surface area contributed by atoms with Gasteiger partial charge in [0.15, 0.2) is 0 Å². The van der Waals surface area contributed by atoms with Gasteiger partial charge >= 0.3 is 5.97 Å². The molecule has 0 aliphatic carbocycles. The van der Waals surface area contributed by atoms with E-state index in [1.807, 2.05) is 13.8 Å². The molecule has 1 atom stereocenters. The molecular weight excluding hydrogens is 220 g/mol. The maximum Gasteiger partial charge on any atom is 0.321 e. The van der Waals surface area contributed by atoms with Gasteiger partial charge in [-0.2, -0.15) is 0 Å². The molecule has 1 saturated heterocycles. The van der Waals surface area contributed by atoms with Crippen molar-refractivity contribution in [2.45, 2.75) is 32.7 Å². The summed E-state index contributed by atoms with van der Waals surface area (Å²) < 4.78 is 0. The van der Waals surface area contributed by atoms with Gasteiger partial charge in [-0.1, -0.05) is 13.8 Å². The first-order chi connectivity index (χ1) is 7.75. The summed E-state index contributed by atoms with van der Waals surface area (Å²) in [5.74, 6) is -0.879. The average molecular weight is 242 g/mol. The molecule has 1 unspecified atom stereocenters. The van der Waals surface area contributed by atoms with Gasteiger partial charge < -0.3 is 10.0 Å². The summed E-state index contributed by atoms with van der Waals surface area (Å²) in [5.41, 5.74) is -0.281. The Hall–Kier alpha value is -1.10. The SMILES string of the molecule is CN(C)C(=O)CN1CCCC(C)(C)C1C(=O)O. The predicted octanol–water partition coefficient (Wildman–Crippen LogP) is 0.650. The molecule has 1 amide bonds. The van der Waals surface area contributed by atoms with E-state index >= 15 is 0 Å². The molecule has 0 aromatic heterocycles. The molecule has 0 spiro atoms. The molecule has 1 fully saturated rings. The Bertz CT molecular complexity index is 313. The first-order valence-corrected chi connectivity index (χ1v) is 5.93. The van der Waals surface area contributed by atoms with Crippen LogP contribution in [0.15, 0.2) is 0 Å². The van der Waals surface area contributed by atoms with E-state index in [4.69, 9.17) is 0 Å². The normalized spacial score (nSPS) is 24.4. The van der Waals surface area contributed by atoms with E-state index in [2.05, 4.69) is 0 Å². The second-order valence-electron chi connectivity index (χ2n) is 5.59. The molecule has 17 heavy (non-hydrogen) atoms. The number of rotatable bonds is 3. The van der Waals surface area contributed by atoms with Crippen molar-refractivity contribution < 1.29 is 14.7 Å². The van der Waals surface area contributed by atoms with Crippen LogP contribution in [0.3, 0.4) is 0 Å². The van der Waals surface area contributed by atoms with Gasteiger partial charge in [-0.3, -0.25) is 14.5 Å². The quantitative estimate of drug-likeness (QED) is 0.789. The number of carboxylic acids is 1. The Balaban J connectivity index is 2.82. The third kappa shape index (κ3) is 3.19. The molecule has 0 radical (unpaired) electrons. The van der Waals surface area contributed by atoms with Crippen LogP contribution in [0, 0.1) is 5.41 Å². The van der Waals surface area contributed by atoms with Crippen LogP contribution in [-0.4, -0.2) is 60.0 Å². The Morgan fingerprint density at radius 3 is 2.47 bits per heavy atom. The third-order valence-corrected chi connectivity index (χ3v) is 3.44. The van der Waals surface area contributed by atoms with Crippen LogP contribution in [0.25, 0.3) is 0 Å². The van der Waals surface area contributed by atoms with Crippen molar-refractivity contribution in [3.8, 4) is 0 Å². The summed E-state index contributed by atoms with van der Waals surface area (Å²) in [6.45, 7) is 4.78. The number of amides is 1. The lowest BCUT2D eigenvalue weighted by atomic mass is 9.76. The number of carboxylic acid groups (broad SMARTS) is 1. The van der Waals surface area contributed by atoms with E-state index in [1.54, 1.807) is 19.0 Å². The van der Waals surface area contributed by atoms with Crippen LogP contribution < -0.4 is 0 Å². The fourth-order valence-electron chi connectivity index (χ4n) is 2.47. The molecule has 0 aromatic rings. The number of hydrogen-bond acceptors (Lipinski definition) is 3. The highest BCUT2D eigenvalue weighted by molar-refractivity contribution is 5.80. The monoisotopic (exact) mass is 242 g/mol. The van der Waals surface area contributed by atoms with Gasteiger partial charge in [0.05, 0.1) is 6.54 Å². The molecule has 0 aromatic carbocycles. The number of nitrogens with zero attached hydrogens (tertiary/aromatic N) is 2. The van der Waals surface area contributed by atoms with Crippen LogP contribution >= 0.6 is 0 Å². The lowest BCUT2D eigenvalue weighted by Gasteiger charge is -2.43. The molecule has 1 rings (SSSR count). The van der Waals surface area contributed by atoms with Gasteiger partial charge in [0.25, 0.3) is 0 Å². The minimum absolute atomic E-state index is 0.0473. The van der Waals surface area contributed by atoms with Crippen LogP contribution in [0.1, 0.15) is 26.7 Å². The number of hydrogen-bond donors (Lipinski definition) is 1. The van der Waals surface area contributed by atoms with Crippen LogP contribution in [0.5, 0.6) is 0 Å². The van der Waals surface area contributed by atoms with E-state index in [0.717, 1.165) is 12.8 Å². The lowest BCUT2D eigenvalue weighted by molar-refractivity contribution is -0.152. The number of likely N-dealkylation sites (tertiary alicyclic amines) is 1. The first-order valence-electron chi connectivity index (χ1n) is 5.93. The molecule has 5 heteroatoms. The van der Waals surface area contributed by atoms with Crippen molar-refractivity contribution >= 4 is 11.9 Å². The van der Waals surface area contributed by atoms with E-state index in [-0.39, 0.29) is 17.9 Å². The molecule has 0 saturated carbocycles. The highest BCUT2D eigenvalue weighted by Gasteiger charge is 2.42. The number of carbonyl (C=O) groups excluding carboxylic acids is 1. The Morgan fingerprint density at radius 2 is 2.00 bits per heavy atom. The van der Waals surface area contributed by atoms with Crippen molar-refractivity contribution in [2.24, 2.45) is 5.41 Å². The molecule has 98 valence electrons. The van der Waals surface area contributed by atoms with Gasteiger partial charge in [-0.25, -0.2) is 0 Å². The summed E-state index contributed by atoms with van der Waals surface area (Å²) in [5, 5.41) is 9.33. The average Bonchev–Trinajstić information content (AvgIpc) is 2.14. The molecule has 1 N–H and O–H groups in total. The van der Waals surface area contributed by atoms with Crippen molar-refractivity contribution in [1.82, 2.24) is 9.80 Å². The summed E-state index contributed by atoms with van der Waals surface area (Å²) in [6.07, 6.45) is 1.83. The zero-order valence-electron chi connectivity index (χ0n) is 11.1. The van der Waals surface area contributed by atoms with Gasteiger partial charge in [0.1, 0.15) is 6.04 Å². The smallest absolute Gasteiger partial charge is 0.321 e. The Kier molecular flexibility index (Phi) is 4.14. The highest BCUT2D eigenvalue weighted by atomic mass is 16.4. The molecule has 1 heterocycles. The second kappa shape index (κ2) is 5.04. The second-order valence-corrected chi connectivity index (χ2v) is 5.59. The maximum absolute atomic E-state index is 11.7. The predicted molar refractivity (Wildman–Crippen MR) is 64.7 cm³/mol. The largest absolute Gasteiger partial charge is 0.480 e. The van der Waals surface area contributed by atoms with Gasteiger partial charge in [0, 0.05) is 14.1 Å². The Labute approximate surface area is 102 Å². The van der Waals surface area contributed by atoms with Gasteiger partial charge in [-0.15, -0.1) is 0 Å². The van der Waals surface area contributed by atoms with Crippen molar-refractivity contribution in [3.63, 3.8) is 0 Å². The number of piperidine rings is 1. The first kappa shape index (κ1) is 14.0. The van der Waals surface area contributed by atoms with Gasteiger partial charge in [-0.05, 0) is 24.8 Å². The fraction of sp³-hybridized carbons (Fsp3) is 0.833. The molecule has 0 bridgehead atoms. The van der Waals surface area contributed by atoms with E-state index < -0.39 is 12.0 Å². The van der Waals surface area contributed by atoms with Gasteiger partial charge in [0.2, 0.25) is 5.91 Å².